The molecule has 3 atom stereocenters. The van der Waals surface area contributed by atoms with Crippen LogP contribution in [0.4, 0.5) is 5.82 Å². The molecule has 0 aliphatic carbocycles. The maximum atomic E-state index is 10.8. The first-order valence-electron chi connectivity index (χ1n) is 8.19. The molecule has 0 fully saturated rings. The molecule has 1 aliphatic heterocycles. The van der Waals surface area contributed by atoms with Crippen molar-refractivity contribution >= 4 is 28.2 Å². The molecule has 0 bridgehead atoms. The fourth-order valence-electron chi connectivity index (χ4n) is 3.47. The fourth-order valence-corrected chi connectivity index (χ4v) is 4.30. The maximum absolute atomic E-state index is 10.8. The Labute approximate surface area is 153 Å². The van der Waals surface area contributed by atoms with E-state index in [1.54, 1.807) is 15.9 Å². The highest BCUT2D eigenvalue weighted by molar-refractivity contribution is 7.10. The minimum atomic E-state index is -1.73. The zero-order valence-electron chi connectivity index (χ0n) is 14.4. The molecule has 138 valence electrons. The number of hydrogen-bond donors (Lipinski definition) is 4. The van der Waals surface area contributed by atoms with Gasteiger partial charge in [-0.15, -0.1) is 11.3 Å². The number of hydrogen-bond acceptors (Lipinski definition) is 8. The highest BCUT2D eigenvalue weighted by Crippen LogP contribution is 2.42. The van der Waals surface area contributed by atoms with Crippen molar-refractivity contribution in [2.75, 3.05) is 19.0 Å². The van der Waals surface area contributed by atoms with E-state index in [-0.39, 0.29) is 0 Å². The van der Waals surface area contributed by atoms with Gasteiger partial charge in [0.1, 0.15) is 29.5 Å². The number of fused-ring (bicyclic) bond motifs is 2. The molecule has 4 rings (SSSR count). The van der Waals surface area contributed by atoms with E-state index >= 15 is 0 Å². The molecule has 0 saturated heterocycles. The zero-order chi connectivity index (χ0) is 18.5. The van der Waals surface area contributed by atoms with Crippen molar-refractivity contribution in [1.82, 2.24) is 14.5 Å². The predicted octanol–water partition coefficient (Wildman–Crippen LogP) is 1.33. The third kappa shape index (κ3) is 2.43. The normalized spacial score (nSPS) is 17.9. The number of anilines is 1. The molecule has 8 nitrogen and oxygen atoms in total. The summed E-state index contributed by atoms with van der Waals surface area (Å²) in [5.41, 5.74) is 0.867. The number of methoxy groups -OCH3 is 1. The first-order valence-corrected chi connectivity index (χ1v) is 9.07. The number of nitrogens with zero attached hydrogens (tertiary/aromatic N) is 3. The molecule has 26 heavy (non-hydrogen) atoms. The van der Waals surface area contributed by atoms with E-state index in [0.717, 1.165) is 16.5 Å². The Hall–Kier alpha value is -2.04. The Morgan fingerprint density at radius 2 is 2.23 bits per heavy atom. The Balaban J connectivity index is 1.96. The second-order valence-corrected chi connectivity index (χ2v) is 7.49. The first kappa shape index (κ1) is 17.4. The van der Waals surface area contributed by atoms with Gasteiger partial charge in [0.15, 0.2) is 6.23 Å². The maximum Gasteiger partial charge on any atom is 0.166 e. The van der Waals surface area contributed by atoms with E-state index in [1.807, 2.05) is 17.6 Å². The average molecular weight is 376 g/mol. The van der Waals surface area contributed by atoms with Gasteiger partial charge in [-0.3, -0.25) is 0 Å². The van der Waals surface area contributed by atoms with Crippen molar-refractivity contribution in [2.24, 2.45) is 0 Å². The molecule has 3 aromatic heterocycles. The van der Waals surface area contributed by atoms with Gasteiger partial charge < -0.3 is 29.9 Å². The van der Waals surface area contributed by atoms with Crippen LogP contribution in [0.25, 0.3) is 22.2 Å². The molecule has 0 radical (unpaired) electrons. The average Bonchev–Trinajstić information content (AvgIpc) is 3.21. The lowest BCUT2D eigenvalue weighted by Crippen LogP contribution is -2.49. The molecular weight excluding hydrogens is 356 g/mol. The van der Waals surface area contributed by atoms with Gasteiger partial charge in [-0.25, -0.2) is 9.97 Å². The largest absolute Gasteiger partial charge is 0.394 e. The predicted molar refractivity (Wildman–Crippen MR) is 97.9 cm³/mol. The molecule has 0 aromatic carbocycles. The molecule has 0 amide bonds. The van der Waals surface area contributed by atoms with Crippen LogP contribution in [0.1, 0.15) is 18.0 Å². The van der Waals surface area contributed by atoms with Crippen LogP contribution in [0.2, 0.25) is 0 Å². The summed E-state index contributed by atoms with van der Waals surface area (Å²) >= 11 is 1.66. The number of aliphatic hydroxyl groups is 3. The Morgan fingerprint density at radius 1 is 1.42 bits per heavy atom. The summed E-state index contributed by atoms with van der Waals surface area (Å²) in [6.45, 7) is 1.52. The van der Waals surface area contributed by atoms with Crippen molar-refractivity contribution in [2.45, 2.75) is 31.4 Å². The summed E-state index contributed by atoms with van der Waals surface area (Å²) in [5.74, 6) is 0.712. The summed E-state index contributed by atoms with van der Waals surface area (Å²) in [6, 6.07) is 2.05. The lowest BCUT2D eigenvalue weighted by molar-refractivity contribution is -0.182. The minimum absolute atomic E-state index is 0.578. The summed E-state index contributed by atoms with van der Waals surface area (Å²) in [7, 11) is 1.44. The molecular formula is C17H20N4O4S. The number of rotatable bonds is 5. The van der Waals surface area contributed by atoms with Crippen molar-refractivity contribution < 1.29 is 20.1 Å². The molecule has 0 saturated carbocycles. The number of ether oxygens (including phenoxy) is 1. The van der Waals surface area contributed by atoms with Gasteiger partial charge in [-0.1, -0.05) is 0 Å². The van der Waals surface area contributed by atoms with Gasteiger partial charge in [0.25, 0.3) is 0 Å². The highest BCUT2D eigenvalue weighted by Gasteiger charge is 2.41. The van der Waals surface area contributed by atoms with Gasteiger partial charge in [-0.2, -0.15) is 0 Å². The van der Waals surface area contributed by atoms with Crippen LogP contribution in [0.3, 0.4) is 0 Å². The minimum Gasteiger partial charge on any atom is -0.394 e. The molecule has 4 heterocycles. The monoisotopic (exact) mass is 376 g/mol. The van der Waals surface area contributed by atoms with Gasteiger partial charge in [-0.05, 0) is 23.9 Å². The van der Waals surface area contributed by atoms with E-state index in [4.69, 9.17) is 4.74 Å². The van der Waals surface area contributed by atoms with Crippen molar-refractivity contribution in [1.29, 1.82) is 0 Å². The number of nitrogens with one attached hydrogen (secondary N) is 1. The molecule has 9 heteroatoms. The quantitative estimate of drug-likeness (QED) is 0.531. The van der Waals surface area contributed by atoms with E-state index in [1.165, 1.54) is 25.2 Å². The molecule has 0 spiro atoms. The van der Waals surface area contributed by atoms with Crippen LogP contribution < -0.4 is 5.32 Å². The number of aromatic nitrogens is 3. The van der Waals surface area contributed by atoms with Crippen LogP contribution in [0.15, 0.2) is 24.0 Å². The van der Waals surface area contributed by atoms with Crippen LogP contribution in [-0.2, 0) is 11.3 Å². The number of thiophene rings is 1. The van der Waals surface area contributed by atoms with Gasteiger partial charge in [0, 0.05) is 23.7 Å². The zero-order valence-corrected chi connectivity index (χ0v) is 15.2. The molecule has 1 unspecified atom stereocenters. The van der Waals surface area contributed by atoms with E-state index in [0.29, 0.717) is 18.0 Å². The second kappa shape index (κ2) is 6.29. The second-order valence-electron chi connectivity index (χ2n) is 6.49. The standard InChI is InChI=1S/C17H20N4O4S/c1-17(24,12(23)7-22)16(25-2)21-6-10-9-3-4-26-11(9)5-18-14-13(10)15(21)20-8-19-14/h3-4,6,8,12,16,22-24H,5,7H2,1-2H3,(H,18,19,20)/t12-,16?,17-/m1/s1. The molecule has 4 N–H and O–H groups in total. The van der Waals surface area contributed by atoms with Crippen molar-refractivity contribution in [3.8, 4) is 11.1 Å². The summed E-state index contributed by atoms with van der Waals surface area (Å²) < 4.78 is 7.20. The summed E-state index contributed by atoms with van der Waals surface area (Å²) in [4.78, 5) is 9.92. The van der Waals surface area contributed by atoms with E-state index in [9.17, 15) is 15.3 Å². The lowest BCUT2D eigenvalue weighted by Gasteiger charge is -2.35. The van der Waals surface area contributed by atoms with Gasteiger partial charge in [0.05, 0.1) is 18.5 Å². The van der Waals surface area contributed by atoms with E-state index < -0.39 is 24.5 Å². The highest BCUT2D eigenvalue weighted by atomic mass is 32.1. The fraction of sp³-hybridized carbons (Fsp3) is 0.412. The van der Waals surface area contributed by atoms with Gasteiger partial charge in [0.2, 0.25) is 0 Å². The smallest absolute Gasteiger partial charge is 0.166 e. The summed E-state index contributed by atoms with van der Waals surface area (Å²) in [5, 5.41) is 36.4. The van der Waals surface area contributed by atoms with Crippen molar-refractivity contribution in [3.05, 3.63) is 28.8 Å². The Kier molecular flexibility index (Phi) is 4.20. The number of aliphatic hydroxyl groups excluding tert-OH is 2. The Morgan fingerprint density at radius 3 is 2.96 bits per heavy atom. The topological polar surface area (TPSA) is 113 Å². The summed E-state index contributed by atoms with van der Waals surface area (Å²) in [6.07, 6.45) is 0.977. The van der Waals surface area contributed by atoms with Crippen LogP contribution in [-0.4, -0.2) is 55.3 Å². The van der Waals surface area contributed by atoms with Gasteiger partial charge >= 0.3 is 0 Å². The third-order valence-electron chi connectivity index (χ3n) is 4.88. The van der Waals surface area contributed by atoms with Crippen LogP contribution in [0.5, 0.6) is 0 Å². The SMILES string of the molecule is COC(n1cc2c3c(ncnc31)NCc1sccc1-2)[C@](C)(O)[C@H](O)CO. The van der Waals surface area contributed by atoms with Crippen LogP contribution in [0, 0.1) is 0 Å². The first-order chi connectivity index (χ1) is 12.5. The lowest BCUT2D eigenvalue weighted by atomic mass is 9.97. The third-order valence-corrected chi connectivity index (χ3v) is 5.81. The van der Waals surface area contributed by atoms with Crippen LogP contribution >= 0.6 is 11.3 Å². The molecule has 3 aromatic rings. The van der Waals surface area contributed by atoms with E-state index in [2.05, 4.69) is 15.3 Å². The van der Waals surface area contributed by atoms with Crippen molar-refractivity contribution in [3.63, 3.8) is 0 Å². The Bertz CT molecular complexity index is 952. The molecule has 1 aliphatic rings.